The summed E-state index contributed by atoms with van der Waals surface area (Å²) in [5, 5.41) is 5.82. The van der Waals surface area contributed by atoms with Gasteiger partial charge in [0, 0.05) is 25.6 Å². The molecule has 5 nitrogen and oxygen atoms in total. The van der Waals surface area contributed by atoms with Crippen molar-refractivity contribution in [2.45, 2.75) is 25.0 Å². The van der Waals surface area contributed by atoms with Crippen molar-refractivity contribution in [3.05, 3.63) is 66.0 Å². The van der Waals surface area contributed by atoms with E-state index in [4.69, 9.17) is 4.74 Å². The minimum atomic E-state index is -0.384. The van der Waals surface area contributed by atoms with Crippen LogP contribution in [-0.4, -0.2) is 41.3 Å². The number of hydrogen-bond acceptors (Lipinski definition) is 3. The zero-order valence-corrected chi connectivity index (χ0v) is 14.3. The standard InChI is InChI=1S/C20H20FN3O2/c21-17-8-4-5-9-19(17)26-16-11-13-23(14-16)20(25)24-18(10-12-22-24)15-6-2-1-3-7-15/h1-9,12,16,18H,10-11,13-14H2. The summed E-state index contributed by atoms with van der Waals surface area (Å²) in [5.41, 5.74) is 1.07. The van der Waals surface area contributed by atoms with Crippen LogP contribution < -0.4 is 4.74 Å². The summed E-state index contributed by atoms with van der Waals surface area (Å²) in [6.07, 6.45) is 2.95. The number of hydrazone groups is 1. The van der Waals surface area contributed by atoms with Crippen LogP contribution in [0, 0.1) is 5.82 Å². The third-order valence-corrected chi connectivity index (χ3v) is 4.76. The van der Waals surface area contributed by atoms with Gasteiger partial charge in [-0.1, -0.05) is 42.5 Å². The number of amides is 2. The maximum absolute atomic E-state index is 13.8. The van der Waals surface area contributed by atoms with Crippen molar-refractivity contribution in [2.75, 3.05) is 13.1 Å². The van der Waals surface area contributed by atoms with Gasteiger partial charge in [-0.25, -0.2) is 14.2 Å². The zero-order valence-electron chi connectivity index (χ0n) is 14.3. The van der Waals surface area contributed by atoms with Crippen LogP contribution in [0.4, 0.5) is 9.18 Å². The van der Waals surface area contributed by atoms with E-state index in [0.29, 0.717) is 25.9 Å². The van der Waals surface area contributed by atoms with Gasteiger partial charge in [0.25, 0.3) is 0 Å². The molecular formula is C20H20FN3O2. The molecule has 0 bridgehead atoms. The monoisotopic (exact) mass is 353 g/mol. The molecule has 2 aromatic rings. The number of nitrogens with zero attached hydrogens (tertiary/aromatic N) is 3. The fourth-order valence-corrected chi connectivity index (χ4v) is 3.41. The number of urea groups is 1. The average Bonchev–Trinajstić information content (AvgIpc) is 3.33. The number of likely N-dealkylation sites (tertiary alicyclic amines) is 1. The van der Waals surface area contributed by atoms with Crippen LogP contribution in [0.3, 0.4) is 0 Å². The molecule has 4 rings (SSSR count). The molecule has 0 aliphatic carbocycles. The van der Waals surface area contributed by atoms with E-state index in [9.17, 15) is 9.18 Å². The fraction of sp³-hybridized carbons (Fsp3) is 0.300. The Kier molecular flexibility index (Phi) is 4.56. The molecule has 0 spiro atoms. The van der Waals surface area contributed by atoms with Crippen LogP contribution in [0.5, 0.6) is 5.75 Å². The van der Waals surface area contributed by atoms with Gasteiger partial charge in [0.2, 0.25) is 0 Å². The number of carbonyl (C=O) groups is 1. The molecule has 0 N–H and O–H groups in total. The van der Waals surface area contributed by atoms with E-state index in [2.05, 4.69) is 5.10 Å². The van der Waals surface area contributed by atoms with E-state index in [-0.39, 0.29) is 29.7 Å². The van der Waals surface area contributed by atoms with Crippen LogP contribution in [0.15, 0.2) is 59.7 Å². The Hall–Kier alpha value is -2.89. The number of halogens is 1. The van der Waals surface area contributed by atoms with Crippen LogP contribution in [0.2, 0.25) is 0 Å². The van der Waals surface area contributed by atoms with Crippen molar-refractivity contribution in [3.8, 4) is 5.75 Å². The van der Waals surface area contributed by atoms with Gasteiger partial charge in [-0.15, -0.1) is 0 Å². The number of para-hydroxylation sites is 1. The molecule has 26 heavy (non-hydrogen) atoms. The predicted octanol–water partition coefficient (Wildman–Crippen LogP) is 3.83. The van der Waals surface area contributed by atoms with Crippen molar-refractivity contribution in [1.29, 1.82) is 0 Å². The Morgan fingerprint density at radius 3 is 2.69 bits per heavy atom. The lowest BCUT2D eigenvalue weighted by atomic mass is 10.1. The average molecular weight is 353 g/mol. The van der Waals surface area contributed by atoms with Gasteiger partial charge < -0.3 is 9.64 Å². The van der Waals surface area contributed by atoms with E-state index >= 15 is 0 Å². The second kappa shape index (κ2) is 7.15. The third-order valence-electron chi connectivity index (χ3n) is 4.76. The first kappa shape index (κ1) is 16.6. The topological polar surface area (TPSA) is 45.1 Å². The fourth-order valence-electron chi connectivity index (χ4n) is 3.41. The molecule has 0 saturated carbocycles. The third kappa shape index (κ3) is 3.27. The summed E-state index contributed by atoms with van der Waals surface area (Å²) in [7, 11) is 0. The minimum absolute atomic E-state index is 0.0739. The molecule has 2 aliphatic heterocycles. The summed E-state index contributed by atoms with van der Waals surface area (Å²) in [4.78, 5) is 14.6. The predicted molar refractivity (Wildman–Crippen MR) is 96.5 cm³/mol. The second-order valence-electron chi connectivity index (χ2n) is 6.49. The maximum Gasteiger partial charge on any atom is 0.341 e. The first-order valence-electron chi connectivity index (χ1n) is 8.79. The molecular weight excluding hydrogens is 333 g/mol. The lowest BCUT2D eigenvalue weighted by Gasteiger charge is -2.27. The SMILES string of the molecule is O=C(N1CCC(Oc2ccccc2F)C1)N1N=CCC1c1ccccc1. The lowest BCUT2D eigenvalue weighted by molar-refractivity contribution is 0.142. The molecule has 1 saturated heterocycles. The first-order chi connectivity index (χ1) is 12.7. The smallest absolute Gasteiger partial charge is 0.341 e. The summed E-state index contributed by atoms with van der Waals surface area (Å²) in [6, 6.07) is 16.0. The van der Waals surface area contributed by atoms with E-state index in [1.165, 1.54) is 6.07 Å². The highest BCUT2D eigenvalue weighted by Crippen LogP contribution is 2.30. The minimum Gasteiger partial charge on any atom is -0.485 e. The van der Waals surface area contributed by atoms with E-state index < -0.39 is 0 Å². The molecule has 2 unspecified atom stereocenters. The molecule has 0 radical (unpaired) electrons. The van der Waals surface area contributed by atoms with Crippen LogP contribution in [0.1, 0.15) is 24.4 Å². The first-order valence-corrected chi connectivity index (χ1v) is 8.79. The summed E-state index contributed by atoms with van der Waals surface area (Å²) in [5.74, 6) is -0.154. The Morgan fingerprint density at radius 1 is 1.12 bits per heavy atom. The maximum atomic E-state index is 13.8. The normalized spacial score (nSPS) is 22.0. The summed E-state index contributed by atoms with van der Waals surface area (Å²) >= 11 is 0. The molecule has 2 aromatic carbocycles. The van der Waals surface area contributed by atoms with Crippen molar-refractivity contribution < 1.29 is 13.9 Å². The molecule has 2 heterocycles. The van der Waals surface area contributed by atoms with Gasteiger partial charge in [-0.2, -0.15) is 5.10 Å². The van der Waals surface area contributed by atoms with Gasteiger partial charge in [0.1, 0.15) is 6.10 Å². The second-order valence-corrected chi connectivity index (χ2v) is 6.49. The van der Waals surface area contributed by atoms with E-state index in [1.807, 2.05) is 30.3 Å². The number of hydrogen-bond donors (Lipinski definition) is 0. The molecule has 134 valence electrons. The van der Waals surface area contributed by atoms with Gasteiger partial charge in [0.05, 0.1) is 12.6 Å². The van der Waals surface area contributed by atoms with Crippen molar-refractivity contribution >= 4 is 12.2 Å². The molecule has 0 aromatic heterocycles. The van der Waals surface area contributed by atoms with Gasteiger partial charge in [-0.05, 0) is 17.7 Å². The number of carbonyl (C=O) groups excluding carboxylic acids is 1. The molecule has 2 amide bonds. The van der Waals surface area contributed by atoms with E-state index in [0.717, 1.165) is 5.56 Å². The number of ether oxygens (including phenoxy) is 1. The highest BCUT2D eigenvalue weighted by molar-refractivity contribution is 5.78. The summed E-state index contributed by atoms with van der Waals surface area (Å²) in [6.45, 7) is 1.01. The van der Waals surface area contributed by atoms with Crippen molar-refractivity contribution in [2.24, 2.45) is 5.10 Å². The zero-order chi connectivity index (χ0) is 17.9. The lowest BCUT2D eigenvalue weighted by Crippen LogP contribution is -2.40. The van der Waals surface area contributed by atoms with Crippen LogP contribution in [0.25, 0.3) is 0 Å². The van der Waals surface area contributed by atoms with Crippen molar-refractivity contribution in [3.63, 3.8) is 0 Å². The Bertz CT molecular complexity index is 812. The van der Waals surface area contributed by atoms with Crippen LogP contribution in [-0.2, 0) is 0 Å². The highest BCUT2D eigenvalue weighted by atomic mass is 19.1. The molecule has 6 heteroatoms. The molecule has 2 atom stereocenters. The Morgan fingerprint density at radius 2 is 1.88 bits per heavy atom. The Balaban J connectivity index is 1.41. The van der Waals surface area contributed by atoms with Gasteiger partial charge in [-0.3, -0.25) is 0 Å². The quantitative estimate of drug-likeness (QED) is 0.842. The highest BCUT2D eigenvalue weighted by Gasteiger charge is 2.35. The van der Waals surface area contributed by atoms with Crippen molar-refractivity contribution in [1.82, 2.24) is 9.91 Å². The Labute approximate surface area is 151 Å². The van der Waals surface area contributed by atoms with Gasteiger partial charge in [0.15, 0.2) is 11.6 Å². The summed E-state index contributed by atoms with van der Waals surface area (Å²) < 4.78 is 19.5. The molecule has 2 aliphatic rings. The number of rotatable bonds is 3. The van der Waals surface area contributed by atoms with Gasteiger partial charge >= 0.3 is 6.03 Å². The number of benzene rings is 2. The van der Waals surface area contributed by atoms with E-state index in [1.54, 1.807) is 34.3 Å². The molecule has 1 fully saturated rings. The largest absolute Gasteiger partial charge is 0.485 e. The van der Waals surface area contributed by atoms with Crippen LogP contribution >= 0.6 is 0 Å².